The average molecular weight is 306 g/mol. The van der Waals surface area contributed by atoms with Gasteiger partial charge in [-0.05, 0) is 38.2 Å². The fourth-order valence-electron chi connectivity index (χ4n) is 5.96. The molecule has 0 aromatic carbocycles. The van der Waals surface area contributed by atoms with Gasteiger partial charge in [0, 0.05) is 23.2 Å². The van der Waals surface area contributed by atoms with E-state index < -0.39 is 28.5 Å². The Bertz CT molecular complexity index is 598. The van der Waals surface area contributed by atoms with E-state index in [0.717, 1.165) is 12.8 Å². The Kier molecular flexibility index (Phi) is 2.62. The lowest BCUT2D eigenvalue weighted by atomic mass is 9.50. The van der Waals surface area contributed by atoms with Crippen molar-refractivity contribution in [1.82, 2.24) is 0 Å². The lowest BCUT2D eigenvalue weighted by Crippen LogP contribution is -2.62. The molecule has 4 bridgehead atoms. The van der Waals surface area contributed by atoms with Gasteiger partial charge in [0.2, 0.25) is 0 Å². The van der Waals surface area contributed by atoms with E-state index in [1.165, 1.54) is 0 Å². The lowest BCUT2D eigenvalue weighted by molar-refractivity contribution is -0.219. The van der Waals surface area contributed by atoms with E-state index in [2.05, 4.69) is 0 Å². The van der Waals surface area contributed by atoms with E-state index in [4.69, 9.17) is 9.84 Å². The highest BCUT2D eigenvalue weighted by Gasteiger charge is 2.76. The summed E-state index contributed by atoms with van der Waals surface area (Å²) in [6, 6.07) is 0. The van der Waals surface area contributed by atoms with Crippen molar-refractivity contribution in [2.24, 2.45) is 22.7 Å². The van der Waals surface area contributed by atoms with Gasteiger partial charge in [0.05, 0.1) is 17.8 Å². The molecule has 22 heavy (non-hydrogen) atoms. The zero-order chi connectivity index (χ0) is 15.9. The second-order valence-electron chi connectivity index (χ2n) is 7.98. The number of aliphatic hydroxyl groups excluding tert-OH is 1. The molecule has 2 heterocycles. The topological polar surface area (TPSA) is 83.8 Å². The number of carbonyl (C=O) groups is 2. The largest absolute Gasteiger partial charge is 0.481 e. The maximum atomic E-state index is 12.6. The minimum Gasteiger partial charge on any atom is -0.481 e. The van der Waals surface area contributed by atoms with Gasteiger partial charge in [0.25, 0.3) is 0 Å². The predicted molar refractivity (Wildman–Crippen MR) is 77.1 cm³/mol. The molecule has 5 aliphatic rings. The first-order valence-corrected chi connectivity index (χ1v) is 8.05. The molecule has 0 unspecified atom stereocenters. The fourth-order valence-corrected chi connectivity index (χ4v) is 5.96. The molecule has 0 aromatic heterocycles. The Hall–Kier alpha value is -1.20. The van der Waals surface area contributed by atoms with Gasteiger partial charge >= 0.3 is 5.97 Å². The second-order valence-corrected chi connectivity index (χ2v) is 7.98. The highest BCUT2D eigenvalue weighted by Crippen LogP contribution is 2.71. The summed E-state index contributed by atoms with van der Waals surface area (Å²) in [4.78, 5) is 23.6. The summed E-state index contributed by atoms with van der Waals surface area (Å²) in [6.07, 6.45) is 4.76. The Morgan fingerprint density at radius 1 is 1.45 bits per heavy atom. The van der Waals surface area contributed by atoms with Crippen LogP contribution in [0.2, 0.25) is 0 Å². The van der Waals surface area contributed by atoms with Gasteiger partial charge in [-0.15, -0.1) is 0 Å². The minimum absolute atomic E-state index is 0.0286. The van der Waals surface area contributed by atoms with Crippen LogP contribution in [0, 0.1) is 22.7 Å². The number of ketones is 1. The van der Waals surface area contributed by atoms with Crippen LogP contribution in [-0.4, -0.2) is 39.8 Å². The normalized spacial score (nSPS) is 54.8. The SMILES string of the molecule is C[C@@]12O[C@H]3C[C@@H]1C[C@@]1(C=CC(=O)[C@@](C)(CCC(=O)O)[C@H]31)[C@H]2O. The van der Waals surface area contributed by atoms with Crippen LogP contribution in [0.4, 0.5) is 0 Å². The third-order valence-electron chi connectivity index (χ3n) is 6.99. The molecule has 7 atom stereocenters. The number of carboxylic acid groups (broad SMARTS) is 1. The second kappa shape index (κ2) is 4.01. The van der Waals surface area contributed by atoms with Gasteiger partial charge in [0.15, 0.2) is 5.78 Å². The van der Waals surface area contributed by atoms with Crippen molar-refractivity contribution in [3.8, 4) is 0 Å². The number of carboxylic acids is 1. The van der Waals surface area contributed by atoms with E-state index in [0.29, 0.717) is 12.3 Å². The standard InChI is InChI=1S/C17H22O5/c1-15(5-4-12(19)20)11(18)3-6-17-8-9-7-10(13(15)17)22-16(9,2)14(17)21/h3,6,9-10,13-14,21H,4-5,7-8H2,1-2H3,(H,19,20)/t9-,10+,13+,14+,15-,16-,17-/m1/s1. The van der Waals surface area contributed by atoms with Gasteiger partial charge < -0.3 is 14.9 Å². The van der Waals surface area contributed by atoms with Crippen LogP contribution < -0.4 is 0 Å². The number of hydrogen-bond donors (Lipinski definition) is 2. The number of aliphatic carboxylic acids is 1. The highest BCUT2D eigenvalue weighted by atomic mass is 16.5. The van der Waals surface area contributed by atoms with E-state index in [1.807, 2.05) is 19.9 Å². The quantitative estimate of drug-likeness (QED) is 0.826. The molecule has 5 rings (SSSR count). The molecule has 5 heteroatoms. The molecule has 2 saturated heterocycles. The molecule has 2 saturated carbocycles. The Labute approximate surface area is 129 Å². The van der Waals surface area contributed by atoms with Crippen molar-refractivity contribution in [2.75, 3.05) is 0 Å². The van der Waals surface area contributed by atoms with E-state index in [9.17, 15) is 14.7 Å². The molecule has 5 nitrogen and oxygen atoms in total. The molecule has 120 valence electrons. The fraction of sp³-hybridized carbons (Fsp3) is 0.765. The smallest absolute Gasteiger partial charge is 0.303 e. The Morgan fingerprint density at radius 3 is 2.82 bits per heavy atom. The van der Waals surface area contributed by atoms with Crippen LogP contribution in [0.5, 0.6) is 0 Å². The molecule has 2 aliphatic heterocycles. The van der Waals surface area contributed by atoms with Gasteiger partial charge in [-0.25, -0.2) is 0 Å². The van der Waals surface area contributed by atoms with Crippen LogP contribution in [0.1, 0.15) is 39.5 Å². The first-order valence-electron chi connectivity index (χ1n) is 8.05. The van der Waals surface area contributed by atoms with Crippen LogP contribution >= 0.6 is 0 Å². The van der Waals surface area contributed by atoms with Gasteiger partial charge in [-0.3, -0.25) is 9.59 Å². The van der Waals surface area contributed by atoms with Crippen molar-refractivity contribution in [1.29, 1.82) is 0 Å². The molecule has 0 radical (unpaired) electrons. The zero-order valence-corrected chi connectivity index (χ0v) is 12.9. The van der Waals surface area contributed by atoms with Crippen molar-refractivity contribution in [2.45, 2.75) is 57.3 Å². The van der Waals surface area contributed by atoms with Crippen molar-refractivity contribution >= 4 is 11.8 Å². The van der Waals surface area contributed by atoms with E-state index in [-0.39, 0.29) is 24.2 Å². The summed E-state index contributed by atoms with van der Waals surface area (Å²) < 4.78 is 6.18. The van der Waals surface area contributed by atoms with Crippen LogP contribution in [0.15, 0.2) is 12.2 Å². The first-order chi connectivity index (χ1) is 10.2. The number of aliphatic hydroxyl groups is 1. The molecule has 3 aliphatic carbocycles. The molecule has 0 amide bonds. The van der Waals surface area contributed by atoms with Gasteiger partial charge in [-0.1, -0.05) is 13.0 Å². The molecule has 4 fully saturated rings. The van der Waals surface area contributed by atoms with Crippen molar-refractivity contribution < 1.29 is 24.5 Å². The summed E-state index contributed by atoms with van der Waals surface area (Å²) in [7, 11) is 0. The molecule has 2 N–H and O–H groups in total. The number of ether oxygens (including phenoxy) is 1. The minimum atomic E-state index is -0.891. The van der Waals surface area contributed by atoms with Crippen molar-refractivity contribution in [3.63, 3.8) is 0 Å². The van der Waals surface area contributed by atoms with E-state index in [1.54, 1.807) is 6.08 Å². The number of rotatable bonds is 3. The molecule has 0 aromatic rings. The number of hydrogen-bond acceptors (Lipinski definition) is 4. The third-order valence-corrected chi connectivity index (χ3v) is 6.99. The average Bonchev–Trinajstić information content (AvgIpc) is 2.79. The molecule has 1 spiro atoms. The zero-order valence-electron chi connectivity index (χ0n) is 12.9. The van der Waals surface area contributed by atoms with Crippen LogP contribution in [0.25, 0.3) is 0 Å². The molecular weight excluding hydrogens is 284 g/mol. The molecular formula is C17H22O5. The van der Waals surface area contributed by atoms with Gasteiger partial charge in [-0.2, -0.15) is 0 Å². The van der Waals surface area contributed by atoms with Crippen LogP contribution in [0.3, 0.4) is 0 Å². The summed E-state index contributed by atoms with van der Waals surface area (Å²) in [5, 5.41) is 20.0. The van der Waals surface area contributed by atoms with E-state index >= 15 is 0 Å². The Balaban J connectivity index is 1.80. The maximum Gasteiger partial charge on any atom is 0.303 e. The van der Waals surface area contributed by atoms with Crippen molar-refractivity contribution in [3.05, 3.63) is 12.2 Å². The van der Waals surface area contributed by atoms with Crippen LogP contribution in [-0.2, 0) is 14.3 Å². The number of allylic oxidation sites excluding steroid dienone is 1. The highest BCUT2D eigenvalue weighted by molar-refractivity contribution is 5.96. The lowest BCUT2D eigenvalue weighted by Gasteiger charge is -2.57. The maximum absolute atomic E-state index is 12.6. The summed E-state index contributed by atoms with van der Waals surface area (Å²) in [5.74, 6) is -0.722. The summed E-state index contributed by atoms with van der Waals surface area (Å²) >= 11 is 0. The monoisotopic (exact) mass is 306 g/mol. The number of carbonyl (C=O) groups excluding carboxylic acids is 1. The third kappa shape index (κ3) is 1.42. The Morgan fingerprint density at radius 2 is 2.18 bits per heavy atom. The summed E-state index contributed by atoms with van der Waals surface area (Å²) in [5.41, 5.74) is -1.71. The summed E-state index contributed by atoms with van der Waals surface area (Å²) in [6.45, 7) is 3.84. The predicted octanol–water partition coefficient (Wildman–Crippen LogP) is 1.54. The van der Waals surface area contributed by atoms with Gasteiger partial charge in [0.1, 0.15) is 0 Å². The first kappa shape index (κ1) is 14.4.